The molecule has 0 atom stereocenters. The molecule has 0 radical (unpaired) electrons. The van der Waals surface area contributed by atoms with E-state index in [9.17, 15) is 0 Å². The maximum Gasteiger partial charge on any atom is 0.187 e. The van der Waals surface area contributed by atoms with Crippen molar-refractivity contribution in [1.82, 2.24) is 4.90 Å². The van der Waals surface area contributed by atoms with Crippen LogP contribution in [0.2, 0.25) is 19.1 Å². The normalized spacial score (nSPS) is 16.4. The zero-order valence-corrected chi connectivity index (χ0v) is 15.1. The minimum absolute atomic E-state index is 0.0249. The SMILES string of the molecule is CC(C)(C)O[Si](C)(C)CCCN1COc2ccccc2C1. The molecule has 0 aromatic heterocycles. The van der Waals surface area contributed by atoms with Crippen LogP contribution in [0.25, 0.3) is 0 Å². The molecule has 0 bridgehead atoms. The quantitative estimate of drug-likeness (QED) is 0.759. The van der Waals surface area contributed by atoms with Crippen LogP contribution in [-0.2, 0) is 11.0 Å². The molecule has 1 aliphatic rings. The van der Waals surface area contributed by atoms with E-state index in [1.807, 2.05) is 6.07 Å². The first-order valence-electron chi connectivity index (χ1n) is 7.88. The highest BCUT2D eigenvalue weighted by atomic mass is 28.4. The van der Waals surface area contributed by atoms with E-state index in [-0.39, 0.29) is 5.60 Å². The van der Waals surface area contributed by atoms with Crippen molar-refractivity contribution in [2.75, 3.05) is 13.3 Å². The number of ether oxygens (including phenoxy) is 1. The largest absolute Gasteiger partial charge is 0.478 e. The Hall–Kier alpha value is -0.843. The fourth-order valence-electron chi connectivity index (χ4n) is 2.97. The fraction of sp³-hybridized carbons (Fsp3) is 0.647. The van der Waals surface area contributed by atoms with Crippen molar-refractivity contribution in [3.8, 4) is 5.75 Å². The molecule has 2 rings (SSSR count). The van der Waals surface area contributed by atoms with Crippen LogP contribution >= 0.6 is 0 Å². The van der Waals surface area contributed by atoms with Gasteiger partial charge in [-0.05, 0) is 52.4 Å². The predicted molar refractivity (Wildman–Crippen MR) is 90.1 cm³/mol. The van der Waals surface area contributed by atoms with Gasteiger partial charge in [0.2, 0.25) is 0 Å². The maximum atomic E-state index is 6.26. The lowest BCUT2D eigenvalue weighted by Crippen LogP contribution is -2.40. The molecule has 3 nitrogen and oxygen atoms in total. The second kappa shape index (κ2) is 6.51. The summed E-state index contributed by atoms with van der Waals surface area (Å²) in [6.07, 6.45) is 1.18. The Morgan fingerprint density at radius 1 is 1.24 bits per heavy atom. The average molecular weight is 308 g/mol. The second-order valence-electron chi connectivity index (χ2n) is 7.51. The molecule has 21 heavy (non-hydrogen) atoms. The number of hydrogen-bond acceptors (Lipinski definition) is 3. The highest BCUT2D eigenvalue weighted by Crippen LogP contribution is 2.25. The van der Waals surface area contributed by atoms with E-state index >= 15 is 0 Å². The number of nitrogens with zero attached hydrogens (tertiary/aromatic N) is 1. The van der Waals surface area contributed by atoms with E-state index in [0.717, 1.165) is 18.8 Å². The van der Waals surface area contributed by atoms with Gasteiger partial charge in [0.15, 0.2) is 8.32 Å². The fourth-order valence-corrected chi connectivity index (χ4v) is 5.74. The van der Waals surface area contributed by atoms with Crippen LogP contribution in [0.5, 0.6) is 5.75 Å². The van der Waals surface area contributed by atoms with E-state index in [4.69, 9.17) is 9.16 Å². The van der Waals surface area contributed by atoms with E-state index in [0.29, 0.717) is 6.73 Å². The number of rotatable bonds is 5. The zero-order chi connectivity index (χ0) is 15.5. The molecule has 0 aliphatic carbocycles. The topological polar surface area (TPSA) is 21.7 Å². The first-order chi connectivity index (χ1) is 9.75. The molecule has 0 fully saturated rings. The third-order valence-electron chi connectivity index (χ3n) is 3.60. The summed E-state index contributed by atoms with van der Waals surface area (Å²) in [5.74, 6) is 1.04. The second-order valence-corrected chi connectivity index (χ2v) is 11.7. The van der Waals surface area contributed by atoms with Crippen molar-refractivity contribution in [1.29, 1.82) is 0 Å². The van der Waals surface area contributed by atoms with Gasteiger partial charge in [0, 0.05) is 24.3 Å². The number of fused-ring (bicyclic) bond motifs is 1. The summed E-state index contributed by atoms with van der Waals surface area (Å²) in [5, 5.41) is 0. The highest BCUT2D eigenvalue weighted by molar-refractivity contribution is 6.71. The standard InChI is InChI=1S/C17H29NO2Si/c1-17(2,3)20-21(4,5)12-8-11-18-13-15-9-6-7-10-16(15)19-14-18/h6-7,9-10H,8,11-14H2,1-5H3. The zero-order valence-electron chi connectivity index (χ0n) is 14.1. The monoisotopic (exact) mass is 307 g/mol. The first kappa shape index (κ1) is 16.5. The van der Waals surface area contributed by atoms with Crippen LogP contribution in [0.15, 0.2) is 24.3 Å². The van der Waals surface area contributed by atoms with Gasteiger partial charge in [-0.2, -0.15) is 0 Å². The Morgan fingerprint density at radius 2 is 1.95 bits per heavy atom. The maximum absolute atomic E-state index is 6.26. The minimum Gasteiger partial charge on any atom is -0.478 e. The van der Waals surface area contributed by atoms with Crippen molar-refractivity contribution in [3.63, 3.8) is 0 Å². The lowest BCUT2D eigenvalue weighted by Gasteiger charge is -2.33. The molecular weight excluding hydrogens is 278 g/mol. The lowest BCUT2D eigenvalue weighted by atomic mass is 10.1. The molecule has 0 N–H and O–H groups in total. The van der Waals surface area contributed by atoms with Crippen molar-refractivity contribution in [2.45, 2.75) is 58.5 Å². The van der Waals surface area contributed by atoms with Crippen LogP contribution in [0.1, 0.15) is 32.8 Å². The molecule has 118 valence electrons. The van der Waals surface area contributed by atoms with Crippen LogP contribution in [0.3, 0.4) is 0 Å². The van der Waals surface area contributed by atoms with Gasteiger partial charge in [0.25, 0.3) is 0 Å². The summed E-state index contributed by atoms with van der Waals surface area (Å²) in [4.78, 5) is 2.38. The molecule has 0 saturated heterocycles. The van der Waals surface area contributed by atoms with Crippen molar-refractivity contribution in [2.24, 2.45) is 0 Å². The molecule has 4 heteroatoms. The van der Waals surface area contributed by atoms with E-state index in [2.05, 4.69) is 57.0 Å². The van der Waals surface area contributed by atoms with Crippen LogP contribution in [0, 0.1) is 0 Å². The van der Waals surface area contributed by atoms with Gasteiger partial charge in [-0.15, -0.1) is 0 Å². The summed E-state index contributed by atoms with van der Waals surface area (Å²) >= 11 is 0. The molecule has 1 aromatic rings. The molecule has 0 unspecified atom stereocenters. The van der Waals surface area contributed by atoms with Crippen LogP contribution in [0.4, 0.5) is 0 Å². The van der Waals surface area contributed by atoms with E-state index < -0.39 is 8.32 Å². The van der Waals surface area contributed by atoms with Gasteiger partial charge < -0.3 is 9.16 Å². The van der Waals surface area contributed by atoms with Gasteiger partial charge in [-0.25, -0.2) is 0 Å². The Bertz CT molecular complexity index is 468. The average Bonchev–Trinajstić information content (AvgIpc) is 2.35. The van der Waals surface area contributed by atoms with Crippen LogP contribution in [-0.4, -0.2) is 32.1 Å². The predicted octanol–water partition coefficient (Wildman–Crippen LogP) is 4.25. The molecular formula is C17H29NO2Si. The number of benzene rings is 1. The summed E-state index contributed by atoms with van der Waals surface area (Å²) < 4.78 is 12.1. The molecule has 0 amide bonds. The highest BCUT2D eigenvalue weighted by Gasteiger charge is 2.28. The molecule has 0 spiro atoms. The van der Waals surface area contributed by atoms with Gasteiger partial charge in [0.05, 0.1) is 0 Å². The summed E-state index contributed by atoms with van der Waals surface area (Å²) in [5.41, 5.74) is 1.27. The first-order valence-corrected chi connectivity index (χ1v) is 11.0. The Labute approximate surface area is 130 Å². The molecule has 1 aromatic carbocycles. The summed E-state index contributed by atoms with van der Waals surface area (Å²) in [6, 6.07) is 9.52. The van der Waals surface area contributed by atoms with Gasteiger partial charge in [0.1, 0.15) is 12.5 Å². The van der Waals surface area contributed by atoms with Crippen molar-refractivity contribution >= 4 is 8.32 Å². The molecule has 1 heterocycles. The number of para-hydroxylation sites is 1. The summed E-state index contributed by atoms with van der Waals surface area (Å²) in [7, 11) is -1.56. The van der Waals surface area contributed by atoms with Gasteiger partial charge >= 0.3 is 0 Å². The van der Waals surface area contributed by atoms with E-state index in [1.54, 1.807) is 0 Å². The Morgan fingerprint density at radius 3 is 2.67 bits per heavy atom. The smallest absolute Gasteiger partial charge is 0.187 e. The van der Waals surface area contributed by atoms with Gasteiger partial charge in [-0.1, -0.05) is 18.2 Å². The van der Waals surface area contributed by atoms with Crippen molar-refractivity contribution in [3.05, 3.63) is 29.8 Å². The van der Waals surface area contributed by atoms with Crippen molar-refractivity contribution < 1.29 is 9.16 Å². The minimum atomic E-state index is -1.56. The molecule has 1 aliphatic heterocycles. The van der Waals surface area contributed by atoms with Crippen LogP contribution < -0.4 is 4.74 Å². The van der Waals surface area contributed by atoms with E-state index in [1.165, 1.54) is 18.0 Å². The van der Waals surface area contributed by atoms with Gasteiger partial charge in [-0.3, -0.25) is 4.90 Å². The third-order valence-corrected chi connectivity index (χ3v) is 6.33. The Balaban J connectivity index is 1.77. The third kappa shape index (κ3) is 5.45. The molecule has 0 saturated carbocycles. The summed E-state index contributed by atoms with van der Waals surface area (Å²) in [6.45, 7) is 13.9. The lowest BCUT2D eigenvalue weighted by molar-refractivity contribution is 0.0931. The number of hydrogen-bond donors (Lipinski definition) is 0. The Kier molecular flexibility index (Phi) is 5.12.